The second-order valence-corrected chi connectivity index (χ2v) is 13.4. The van der Waals surface area contributed by atoms with Crippen LogP contribution in [0.1, 0.15) is 116 Å². The lowest BCUT2D eigenvalue weighted by Crippen LogP contribution is -2.36. The van der Waals surface area contributed by atoms with Crippen molar-refractivity contribution in [2.45, 2.75) is 116 Å². The number of hydrogen-bond acceptors (Lipinski definition) is 18. The van der Waals surface area contributed by atoms with Gasteiger partial charge in [0.2, 0.25) is 11.8 Å². The van der Waals surface area contributed by atoms with Gasteiger partial charge >= 0.3 is 47.8 Å². The molecule has 0 unspecified atom stereocenters. The zero-order valence-electron chi connectivity index (χ0n) is 35.7. The van der Waals surface area contributed by atoms with Crippen molar-refractivity contribution in [3.63, 3.8) is 0 Å². The molecule has 2 amide bonds. The van der Waals surface area contributed by atoms with E-state index in [0.717, 1.165) is 12.2 Å². The summed E-state index contributed by atoms with van der Waals surface area (Å²) in [5.41, 5.74) is 0. The Morgan fingerprint density at radius 1 is 0.323 bits per heavy atom. The van der Waals surface area contributed by atoms with Crippen molar-refractivity contribution in [2.24, 2.45) is 0 Å². The third-order valence-electron chi connectivity index (χ3n) is 8.05. The summed E-state index contributed by atoms with van der Waals surface area (Å²) in [5, 5.41) is 4.94. The fourth-order valence-electron chi connectivity index (χ4n) is 4.83. The summed E-state index contributed by atoms with van der Waals surface area (Å²) in [4.78, 5) is 117. The molecule has 20 heteroatoms. The first-order chi connectivity index (χ1) is 29.9. The fraction of sp³-hybridized carbons (Fsp3) is 0.667. The summed E-state index contributed by atoms with van der Waals surface area (Å²) in [7, 11) is 0. The molecule has 0 saturated heterocycles. The highest BCUT2D eigenvalue weighted by molar-refractivity contribution is 5.95. The molecule has 0 heterocycles. The lowest BCUT2D eigenvalue weighted by Gasteiger charge is -2.08. The van der Waals surface area contributed by atoms with Gasteiger partial charge in [0.1, 0.15) is 39.3 Å². The monoisotopic (exact) mass is 884 g/mol. The molecule has 0 atom stereocenters. The van der Waals surface area contributed by atoms with Crippen molar-refractivity contribution in [1.29, 1.82) is 0 Å². The molecule has 62 heavy (non-hydrogen) atoms. The van der Waals surface area contributed by atoms with Crippen LogP contribution in [-0.2, 0) is 85.8 Å². The topological polar surface area (TPSA) is 269 Å². The van der Waals surface area contributed by atoms with Crippen LogP contribution < -0.4 is 10.6 Å². The molecule has 0 radical (unpaired) electrons. The van der Waals surface area contributed by atoms with E-state index in [-0.39, 0.29) is 104 Å². The highest BCUT2D eigenvalue weighted by atomic mass is 16.6. The van der Waals surface area contributed by atoms with E-state index < -0.39 is 60.5 Å². The third kappa shape index (κ3) is 38.4. The largest absolute Gasteiger partial charge is 0.466 e. The van der Waals surface area contributed by atoms with Gasteiger partial charge in [0.15, 0.2) is 0 Å². The molecule has 0 fully saturated rings. The first kappa shape index (κ1) is 56.2. The Kier molecular flexibility index (Phi) is 35.6. The van der Waals surface area contributed by atoms with E-state index in [4.69, 9.17) is 37.9 Å². The highest BCUT2D eigenvalue weighted by Gasteiger charge is 2.13. The van der Waals surface area contributed by atoms with Gasteiger partial charge in [0, 0.05) is 50.9 Å². The van der Waals surface area contributed by atoms with Crippen molar-refractivity contribution in [2.75, 3.05) is 65.9 Å². The predicted molar refractivity (Wildman–Crippen MR) is 217 cm³/mol. The molecule has 0 aromatic heterocycles. The van der Waals surface area contributed by atoms with E-state index >= 15 is 0 Å². The van der Waals surface area contributed by atoms with Crippen molar-refractivity contribution in [3.05, 3.63) is 25.3 Å². The fourth-order valence-corrected chi connectivity index (χ4v) is 4.83. The second-order valence-electron chi connectivity index (χ2n) is 13.4. The zero-order valence-corrected chi connectivity index (χ0v) is 35.7. The van der Waals surface area contributed by atoms with Gasteiger partial charge in [-0.25, -0.2) is 9.59 Å². The van der Waals surface area contributed by atoms with E-state index in [9.17, 15) is 47.9 Å². The van der Waals surface area contributed by atoms with Crippen LogP contribution in [-0.4, -0.2) is 126 Å². The first-order valence-corrected chi connectivity index (χ1v) is 20.9. The Balaban J connectivity index is 3.65. The Hall–Kier alpha value is -5.82. The normalized spacial score (nSPS) is 10.3. The number of unbranched alkanes of at least 4 members (excludes halogenated alkanes) is 8. The Morgan fingerprint density at radius 3 is 0.871 bits per heavy atom. The molecule has 0 saturated carbocycles. The van der Waals surface area contributed by atoms with Crippen molar-refractivity contribution in [1.82, 2.24) is 10.6 Å². The van der Waals surface area contributed by atoms with E-state index in [2.05, 4.69) is 23.8 Å². The molecular weight excluding hydrogens is 820 g/mol. The van der Waals surface area contributed by atoms with E-state index in [1.165, 1.54) is 0 Å². The molecule has 0 spiro atoms. The van der Waals surface area contributed by atoms with Gasteiger partial charge in [-0.3, -0.25) is 38.4 Å². The number of nitrogens with one attached hydrogen (secondary N) is 2. The standard InChI is InChI=1S/C42H64N2O18/c1-3-35(47)59-27-29-61-39(51)19-11-5-13-23-55-37(49)17-9-7-15-25-57-41(53)31-33(45)43-21-22-44-34(46)32-42(54)58-26-16-8-10-18-38(50)56-24-14-6-12-20-40(52)62-30-28-60-36(48)4-2/h3-4H,1-2,5-32H2,(H,43,45)(H,44,46). The summed E-state index contributed by atoms with van der Waals surface area (Å²) >= 11 is 0. The maximum absolute atomic E-state index is 12.0. The predicted octanol–water partition coefficient (Wildman–Crippen LogP) is 2.96. The highest BCUT2D eigenvalue weighted by Crippen LogP contribution is 2.07. The van der Waals surface area contributed by atoms with Crippen LogP contribution in [0.25, 0.3) is 0 Å². The number of amides is 2. The van der Waals surface area contributed by atoms with Crippen LogP contribution in [0.15, 0.2) is 25.3 Å². The molecule has 0 aromatic carbocycles. The molecule has 0 bridgehead atoms. The lowest BCUT2D eigenvalue weighted by molar-refractivity contribution is -0.149. The van der Waals surface area contributed by atoms with Gasteiger partial charge in [0.05, 0.1) is 26.4 Å². The van der Waals surface area contributed by atoms with Crippen LogP contribution in [0, 0.1) is 0 Å². The molecule has 2 N–H and O–H groups in total. The summed E-state index contributed by atoms with van der Waals surface area (Å²) in [6.45, 7) is 7.05. The van der Waals surface area contributed by atoms with Gasteiger partial charge in [-0.2, -0.15) is 0 Å². The number of esters is 8. The molecule has 0 rings (SSSR count). The van der Waals surface area contributed by atoms with Crippen molar-refractivity contribution < 1.29 is 85.8 Å². The number of ether oxygens (including phenoxy) is 8. The van der Waals surface area contributed by atoms with Crippen LogP contribution in [0.5, 0.6) is 0 Å². The van der Waals surface area contributed by atoms with Crippen molar-refractivity contribution in [3.8, 4) is 0 Å². The quantitative estimate of drug-likeness (QED) is 0.0295. The first-order valence-electron chi connectivity index (χ1n) is 20.9. The molecule has 350 valence electrons. The summed E-state index contributed by atoms with van der Waals surface area (Å²) in [6, 6.07) is 0. The Morgan fingerprint density at radius 2 is 0.581 bits per heavy atom. The Labute approximate surface area is 362 Å². The minimum Gasteiger partial charge on any atom is -0.466 e. The van der Waals surface area contributed by atoms with Gasteiger partial charge in [-0.15, -0.1) is 0 Å². The number of rotatable bonds is 39. The number of carbonyl (C=O) groups excluding carboxylic acids is 10. The summed E-state index contributed by atoms with van der Waals surface area (Å²) in [5.74, 6) is -5.33. The Bertz CT molecular complexity index is 1310. The van der Waals surface area contributed by atoms with Gasteiger partial charge < -0.3 is 48.5 Å². The smallest absolute Gasteiger partial charge is 0.330 e. The van der Waals surface area contributed by atoms with Gasteiger partial charge in [-0.1, -0.05) is 13.2 Å². The molecule has 0 aliphatic heterocycles. The van der Waals surface area contributed by atoms with Crippen LogP contribution in [0.4, 0.5) is 0 Å². The average molecular weight is 885 g/mol. The molecule has 0 aliphatic carbocycles. The summed E-state index contributed by atoms with van der Waals surface area (Å²) in [6.07, 6.45) is 8.73. The summed E-state index contributed by atoms with van der Waals surface area (Å²) < 4.78 is 39.7. The van der Waals surface area contributed by atoms with Crippen LogP contribution in [0.2, 0.25) is 0 Å². The number of carbonyl (C=O) groups is 10. The third-order valence-corrected chi connectivity index (χ3v) is 8.05. The van der Waals surface area contributed by atoms with Gasteiger partial charge in [0.25, 0.3) is 0 Å². The second kappa shape index (κ2) is 39.3. The minimum atomic E-state index is -0.721. The zero-order chi connectivity index (χ0) is 46.1. The molecule has 0 aliphatic rings. The number of hydrogen-bond donors (Lipinski definition) is 2. The SMILES string of the molecule is C=CC(=O)OCCOC(=O)CCCCCOC(=O)CCCCCOC(=O)CC(=O)NCCNC(=O)CC(=O)OCCCCCC(=O)OCCCCCC(=O)OCCOC(=O)C=C. The maximum atomic E-state index is 12.0. The maximum Gasteiger partial charge on any atom is 0.330 e. The molecule has 0 aromatic rings. The van der Waals surface area contributed by atoms with Gasteiger partial charge in [-0.05, 0) is 77.0 Å². The lowest BCUT2D eigenvalue weighted by atomic mass is 10.2. The molecular formula is C42H64N2O18. The van der Waals surface area contributed by atoms with Crippen LogP contribution >= 0.6 is 0 Å². The van der Waals surface area contributed by atoms with Crippen molar-refractivity contribution >= 4 is 59.6 Å². The van der Waals surface area contributed by atoms with E-state index in [1.54, 1.807) is 0 Å². The van der Waals surface area contributed by atoms with E-state index in [0.29, 0.717) is 77.0 Å². The van der Waals surface area contributed by atoms with Crippen LogP contribution in [0.3, 0.4) is 0 Å². The molecule has 20 nitrogen and oxygen atoms in total. The minimum absolute atomic E-state index is 0.0215. The average Bonchev–Trinajstić information content (AvgIpc) is 3.24. The van der Waals surface area contributed by atoms with E-state index in [1.807, 2.05) is 0 Å².